The summed E-state index contributed by atoms with van der Waals surface area (Å²) in [6, 6.07) is 17.9. The minimum Gasteiger partial charge on any atom is -0.375 e. The first-order valence-electron chi connectivity index (χ1n) is 9.28. The van der Waals surface area contributed by atoms with Gasteiger partial charge in [-0.15, -0.1) is 0 Å². The predicted molar refractivity (Wildman–Crippen MR) is 121 cm³/mol. The molecule has 3 aromatic carbocycles. The number of nitro groups is 1. The topological polar surface area (TPSA) is 113 Å². The molecule has 3 rings (SSSR count). The molecule has 3 aromatic rings. The third-order valence-electron chi connectivity index (χ3n) is 4.35. The van der Waals surface area contributed by atoms with E-state index in [2.05, 4.69) is 16.0 Å². The molecule has 0 saturated heterocycles. The van der Waals surface area contributed by atoms with E-state index in [-0.39, 0.29) is 22.8 Å². The molecule has 0 spiro atoms. The van der Waals surface area contributed by atoms with Crippen LogP contribution in [0, 0.1) is 10.1 Å². The lowest BCUT2D eigenvalue weighted by molar-refractivity contribution is -0.384. The second-order valence-corrected chi connectivity index (χ2v) is 7.05. The van der Waals surface area contributed by atoms with Gasteiger partial charge in [0, 0.05) is 41.5 Å². The van der Waals surface area contributed by atoms with E-state index in [9.17, 15) is 19.7 Å². The first-order valence-corrected chi connectivity index (χ1v) is 9.66. The number of nitro benzene ring substituents is 1. The quantitative estimate of drug-likeness (QED) is 0.352. The number of amides is 2. The van der Waals surface area contributed by atoms with Crippen molar-refractivity contribution in [2.24, 2.45) is 0 Å². The maximum atomic E-state index is 12.5. The highest BCUT2D eigenvalue weighted by molar-refractivity contribution is 6.31. The van der Waals surface area contributed by atoms with Gasteiger partial charge in [0.1, 0.15) is 5.69 Å². The fourth-order valence-corrected chi connectivity index (χ4v) is 3.05. The first kappa shape index (κ1) is 21.8. The highest BCUT2D eigenvalue weighted by Crippen LogP contribution is 2.27. The van der Waals surface area contributed by atoms with Crippen LogP contribution in [0.2, 0.25) is 5.02 Å². The highest BCUT2D eigenvalue weighted by atomic mass is 35.5. The van der Waals surface area contributed by atoms with Crippen LogP contribution in [0.1, 0.15) is 22.8 Å². The molecule has 0 unspecified atom stereocenters. The number of carbonyl (C=O) groups excluding carboxylic acids is 2. The number of anilines is 3. The normalized spacial score (nSPS) is 10.3. The number of benzene rings is 3. The van der Waals surface area contributed by atoms with Gasteiger partial charge in [0.05, 0.1) is 4.92 Å². The molecule has 9 heteroatoms. The lowest BCUT2D eigenvalue weighted by Gasteiger charge is -2.10. The number of rotatable bonds is 7. The van der Waals surface area contributed by atoms with Crippen LogP contribution in [0.25, 0.3) is 0 Å². The fraction of sp³-hybridized carbons (Fsp3) is 0.0909. The Morgan fingerprint density at radius 2 is 1.61 bits per heavy atom. The van der Waals surface area contributed by atoms with Crippen molar-refractivity contribution in [3.05, 3.63) is 93.0 Å². The largest absolute Gasteiger partial charge is 0.375 e. The van der Waals surface area contributed by atoms with Crippen molar-refractivity contribution in [1.82, 2.24) is 0 Å². The molecule has 0 aliphatic carbocycles. The van der Waals surface area contributed by atoms with Gasteiger partial charge in [0.25, 0.3) is 11.6 Å². The summed E-state index contributed by atoms with van der Waals surface area (Å²) in [6.07, 6.45) is 0. The fourth-order valence-electron chi connectivity index (χ4n) is 2.85. The van der Waals surface area contributed by atoms with Gasteiger partial charge < -0.3 is 16.0 Å². The minimum atomic E-state index is -0.548. The lowest BCUT2D eigenvalue weighted by atomic mass is 10.1. The molecule has 0 saturated carbocycles. The predicted octanol–water partition coefficient (Wildman–Crippen LogP) is 5.07. The first-order chi connectivity index (χ1) is 14.8. The molecule has 0 bridgehead atoms. The zero-order valence-electron chi connectivity index (χ0n) is 16.5. The third-order valence-corrected chi connectivity index (χ3v) is 4.72. The Morgan fingerprint density at radius 1 is 0.968 bits per heavy atom. The Morgan fingerprint density at radius 3 is 2.23 bits per heavy atom. The molecule has 8 nitrogen and oxygen atoms in total. The number of halogens is 1. The van der Waals surface area contributed by atoms with Gasteiger partial charge in [-0.1, -0.05) is 29.8 Å². The van der Waals surface area contributed by atoms with Crippen LogP contribution in [0.4, 0.5) is 22.7 Å². The maximum absolute atomic E-state index is 12.5. The van der Waals surface area contributed by atoms with E-state index in [4.69, 9.17) is 11.6 Å². The van der Waals surface area contributed by atoms with E-state index in [1.165, 1.54) is 25.1 Å². The van der Waals surface area contributed by atoms with Gasteiger partial charge in [-0.3, -0.25) is 19.7 Å². The molecule has 0 aliphatic rings. The van der Waals surface area contributed by atoms with Gasteiger partial charge in [0.15, 0.2) is 0 Å². The minimum absolute atomic E-state index is 0.140. The van der Waals surface area contributed by atoms with E-state index < -0.39 is 10.8 Å². The number of nitrogens with zero attached hydrogens (tertiary/aromatic N) is 1. The summed E-state index contributed by atoms with van der Waals surface area (Å²) in [5.41, 5.74) is 2.07. The Hall–Kier alpha value is -3.91. The molecule has 0 fully saturated rings. The van der Waals surface area contributed by atoms with E-state index >= 15 is 0 Å². The van der Waals surface area contributed by atoms with E-state index in [0.717, 1.165) is 5.56 Å². The highest BCUT2D eigenvalue weighted by Gasteiger charge is 2.18. The third kappa shape index (κ3) is 5.80. The molecular weight excluding hydrogens is 420 g/mol. The van der Waals surface area contributed by atoms with Crippen LogP contribution in [0.3, 0.4) is 0 Å². The lowest BCUT2D eigenvalue weighted by Crippen LogP contribution is -2.13. The van der Waals surface area contributed by atoms with Crippen LogP contribution in [0.15, 0.2) is 66.7 Å². The SMILES string of the molecule is CC(=O)Nc1ccc(NC(=O)c2ccc(NCc3ccccc3Cl)c([N+](=O)[O-])c2)cc1. The molecule has 2 amide bonds. The molecule has 0 heterocycles. The second-order valence-electron chi connectivity index (χ2n) is 6.65. The molecular formula is C22H19ClN4O4. The molecule has 0 aromatic heterocycles. The van der Waals surface area contributed by atoms with Gasteiger partial charge in [-0.05, 0) is 48.0 Å². The summed E-state index contributed by atoms with van der Waals surface area (Å²) in [5, 5.41) is 20.4. The number of carbonyl (C=O) groups is 2. The van der Waals surface area contributed by atoms with Crippen molar-refractivity contribution in [2.75, 3.05) is 16.0 Å². The summed E-state index contributed by atoms with van der Waals surface area (Å²) < 4.78 is 0. The molecule has 158 valence electrons. The van der Waals surface area contributed by atoms with Crippen molar-refractivity contribution in [3.63, 3.8) is 0 Å². The van der Waals surface area contributed by atoms with Crippen molar-refractivity contribution in [1.29, 1.82) is 0 Å². The van der Waals surface area contributed by atoms with Crippen molar-refractivity contribution in [2.45, 2.75) is 13.5 Å². The van der Waals surface area contributed by atoms with Crippen LogP contribution >= 0.6 is 11.6 Å². The second kappa shape index (κ2) is 9.73. The molecule has 31 heavy (non-hydrogen) atoms. The van der Waals surface area contributed by atoms with Crippen molar-refractivity contribution < 1.29 is 14.5 Å². The van der Waals surface area contributed by atoms with Gasteiger partial charge in [-0.25, -0.2) is 0 Å². The van der Waals surface area contributed by atoms with Crippen molar-refractivity contribution in [3.8, 4) is 0 Å². The summed E-state index contributed by atoms with van der Waals surface area (Å²) >= 11 is 6.12. The summed E-state index contributed by atoms with van der Waals surface area (Å²) in [4.78, 5) is 34.6. The van der Waals surface area contributed by atoms with Gasteiger partial charge in [0.2, 0.25) is 5.91 Å². The Bertz CT molecular complexity index is 1130. The monoisotopic (exact) mass is 438 g/mol. The summed E-state index contributed by atoms with van der Waals surface area (Å²) in [6.45, 7) is 1.70. The van der Waals surface area contributed by atoms with Gasteiger partial charge in [-0.2, -0.15) is 0 Å². The maximum Gasteiger partial charge on any atom is 0.293 e. The van der Waals surface area contributed by atoms with Crippen LogP contribution in [0.5, 0.6) is 0 Å². The Balaban J connectivity index is 1.73. The van der Waals surface area contributed by atoms with Crippen LogP contribution in [-0.4, -0.2) is 16.7 Å². The number of nitrogens with one attached hydrogen (secondary N) is 3. The summed E-state index contributed by atoms with van der Waals surface area (Å²) in [5.74, 6) is -0.694. The summed E-state index contributed by atoms with van der Waals surface area (Å²) in [7, 11) is 0. The van der Waals surface area contributed by atoms with Gasteiger partial charge >= 0.3 is 0 Å². The van der Waals surface area contributed by atoms with E-state index in [0.29, 0.717) is 22.9 Å². The Labute approximate surface area is 183 Å². The Kier molecular flexibility index (Phi) is 6.84. The average molecular weight is 439 g/mol. The number of hydrogen-bond donors (Lipinski definition) is 3. The zero-order chi connectivity index (χ0) is 22.4. The standard InChI is InChI=1S/C22H19ClN4O4/c1-14(28)25-17-7-9-18(10-8-17)26-22(29)15-6-11-20(21(12-15)27(30)31)24-13-16-4-2-3-5-19(16)23/h2-12,24H,13H2,1H3,(H,25,28)(H,26,29). The smallest absolute Gasteiger partial charge is 0.293 e. The van der Waals surface area contributed by atoms with Crippen LogP contribution < -0.4 is 16.0 Å². The van der Waals surface area contributed by atoms with E-state index in [1.807, 2.05) is 12.1 Å². The van der Waals surface area contributed by atoms with E-state index in [1.54, 1.807) is 36.4 Å². The molecule has 0 aliphatic heterocycles. The average Bonchev–Trinajstić information content (AvgIpc) is 2.74. The zero-order valence-corrected chi connectivity index (χ0v) is 17.3. The van der Waals surface area contributed by atoms with Crippen LogP contribution in [-0.2, 0) is 11.3 Å². The van der Waals surface area contributed by atoms with Crippen molar-refractivity contribution >= 4 is 46.2 Å². The molecule has 0 radical (unpaired) electrons. The molecule has 3 N–H and O–H groups in total. The number of hydrogen-bond acceptors (Lipinski definition) is 5. The molecule has 0 atom stereocenters.